The minimum Gasteiger partial charge on any atom is -0.493 e. The van der Waals surface area contributed by atoms with Crippen molar-refractivity contribution < 1.29 is 18.0 Å². The maximum atomic E-state index is 11.6. The number of hydrogen-bond donors (Lipinski definition) is 0. The van der Waals surface area contributed by atoms with Gasteiger partial charge >= 0.3 is 0 Å². The third-order valence-corrected chi connectivity index (χ3v) is 4.76. The summed E-state index contributed by atoms with van der Waals surface area (Å²) < 4.78 is 28.9. The van der Waals surface area contributed by atoms with E-state index in [1.54, 1.807) is 30.3 Å². The Labute approximate surface area is 150 Å². The molecule has 0 aliphatic rings. The van der Waals surface area contributed by atoms with Crippen LogP contribution < -0.4 is 9.57 Å². The van der Waals surface area contributed by atoms with Crippen LogP contribution in [0.2, 0.25) is 5.02 Å². The van der Waals surface area contributed by atoms with Crippen molar-refractivity contribution in [2.45, 2.75) is 11.3 Å². The van der Waals surface area contributed by atoms with Crippen molar-refractivity contribution in [2.24, 2.45) is 0 Å². The Hall–Kier alpha value is -2.32. The summed E-state index contributed by atoms with van der Waals surface area (Å²) in [6, 6.07) is 11.7. The smallest absolute Gasteiger partial charge is 0.175 e. The lowest BCUT2D eigenvalue weighted by Gasteiger charge is -2.08. The summed E-state index contributed by atoms with van der Waals surface area (Å²) in [6.45, 7) is 0.804. The van der Waals surface area contributed by atoms with Crippen LogP contribution in [0.3, 0.4) is 0 Å². The SMILES string of the molecule is CS(=O)(=O)c1ccc2nnn(OCCCOc3ccc(Cl)cc3)c2c1. The summed E-state index contributed by atoms with van der Waals surface area (Å²) in [5.74, 6) is 0.730. The van der Waals surface area contributed by atoms with Crippen LogP contribution in [0, 0.1) is 0 Å². The molecule has 25 heavy (non-hydrogen) atoms. The molecule has 0 bridgehead atoms. The lowest BCUT2D eigenvalue weighted by atomic mass is 10.3. The number of rotatable bonds is 7. The lowest BCUT2D eigenvalue weighted by molar-refractivity contribution is 0.0779. The molecule has 0 fully saturated rings. The second kappa shape index (κ2) is 7.28. The predicted octanol–water partition coefficient (Wildman–Crippen LogP) is 2.39. The number of benzene rings is 2. The Kier molecular flexibility index (Phi) is 5.10. The van der Waals surface area contributed by atoms with Crippen LogP contribution in [0.25, 0.3) is 11.0 Å². The predicted molar refractivity (Wildman–Crippen MR) is 93.6 cm³/mol. The van der Waals surface area contributed by atoms with E-state index in [9.17, 15) is 8.42 Å². The number of sulfone groups is 1. The molecule has 0 atom stereocenters. The monoisotopic (exact) mass is 381 g/mol. The summed E-state index contributed by atoms with van der Waals surface area (Å²) >= 11 is 5.81. The molecule has 2 aromatic carbocycles. The Morgan fingerprint density at radius 3 is 2.60 bits per heavy atom. The zero-order valence-electron chi connectivity index (χ0n) is 13.4. The standard InChI is InChI=1S/C16H16ClN3O4S/c1-25(21,22)14-7-8-15-16(11-14)20(19-18-15)24-10-2-9-23-13-5-3-12(17)4-6-13/h3-8,11H,2,9-10H2,1H3. The molecular formula is C16H16ClN3O4S. The molecule has 7 nitrogen and oxygen atoms in total. The van der Waals surface area contributed by atoms with E-state index in [0.717, 1.165) is 12.0 Å². The quantitative estimate of drug-likeness (QED) is 0.584. The van der Waals surface area contributed by atoms with E-state index in [0.29, 0.717) is 35.7 Å². The molecule has 0 aliphatic carbocycles. The number of fused-ring (bicyclic) bond motifs is 1. The van der Waals surface area contributed by atoms with Crippen molar-refractivity contribution in [2.75, 3.05) is 19.5 Å². The highest BCUT2D eigenvalue weighted by molar-refractivity contribution is 7.90. The Morgan fingerprint density at radius 1 is 1.12 bits per heavy atom. The average molecular weight is 382 g/mol. The second-order valence-electron chi connectivity index (χ2n) is 5.37. The maximum Gasteiger partial charge on any atom is 0.175 e. The Balaban J connectivity index is 1.57. The molecule has 9 heteroatoms. The molecule has 0 spiro atoms. The van der Waals surface area contributed by atoms with Gasteiger partial charge in [0.05, 0.1) is 11.5 Å². The third kappa shape index (κ3) is 4.40. The van der Waals surface area contributed by atoms with Crippen LogP contribution in [0.4, 0.5) is 0 Å². The van der Waals surface area contributed by atoms with Gasteiger partial charge in [-0.3, -0.25) is 0 Å². The second-order valence-corrected chi connectivity index (χ2v) is 7.83. The van der Waals surface area contributed by atoms with Gasteiger partial charge in [0.25, 0.3) is 0 Å². The van der Waals surface area contributed by atoms with Crippen LogP contribution in [0.1, 0.15) is 6.42 Å². The third-order valence-electron chi connectivity index (χ3n) is 3.40. The molecule has 0 aliphatic heterocycles. The first-order chi connectivity index (χ1) is 11.9. The summed E-state index contributed by atoms with van der Waals surface area (Å²) in [7, 11) is -3.31. The number of hydrogen-bond acceptors (Lipinski definition) is 6. The fourth-order valence-electron chi connectivity index (χ4n) is 2.13. The van der Waals surface area contributed by atoms with Gasteiger partial charge in [-0.15, -0.1) is 5.10 Å². The molecule has 1 heterocycles. The molecule has 1 aromatic heterocycles. The van der Waals surface area contributed by atoms with E-state index in [4.69, 9.17) is 21.2 Å². The van der Waals surface area contributed by atoms with Crippen LogP contribution in [-0.4, -0.2) is 43.0 Å². The van der Waals surface area contributed by atoms with E-state index in [-0.39, 0.29) is 4.90 Å². The molecule has 0 N–H and O–H groups in total. The van der Waals surface area contributed by atoms with E-state index in [1.807, 2.05) is 0 Å². The Morgan fingerprint density at radius 2 is 1.88 bits per heavy atom. The number of nitrogens with zero attached hydrogens (tertiary/aromatic N) is 3. The molecular weight excluding hydrogens is 366 g/mol. The van der Waals surface area contributed by atoms with Gasteiger partial charge in [0.15, 0.2) is 9.84 Å². The molecule has 0 saturated carbocycles. The Bertz CT molecular complexity index is 971. The van der Waals surface area contributed by atoms with Gasteiger partial charge in [-0.2, -0.15) is 0 Å². The molecule has 3 rings (SSSR count). The first kappa shape index (κ1) is 17.5. The van der Waals surface area contributed by atoms with Crippen molar-refractivity contribution in [3.8, 4) is 5.75 Å². The molecule has 0 saturated heterocycles. The van der Waals surface area contributed by atoms with E-state index < -0.39 is 9.84 Å². The van der Waals surface area contributed by atoms with Gasteiger partial charge in [0.2, 0.25) is 0 Å². The highest BCUT2D eigenvalue weighted by Crippen LogP contribution is 2.17. The van der Waals surface area contributed by atoms with Crippen LogP contribution in [-0.2, 0) is 9.84 Å². The number of ether oxygens (including phenoxy) is 1. The lowest BCUT2D eigenvalue weighted by Crippen LogP contribution is -2.16. The fourth-order valence-corrected chi connectivity index (χ4v) is 2.90. The summed E-state index contributed by atoms with van der Waals surface area (Å²) in [6.07, 6.45) is 1.77. The van der Waals surface area contributed by atoms with Crippen molar-refractivity contribution >= 4 is 32.5 Å². The van der Waals surface area contributed by atoms with Crippen molar-refractivity contribution in [3.63, 3.8) is 0 Å². The molecule has 0 radical (unpaired) electrons. The van der Waals surface area contributed by atoms with Gasteiger partial charge in [-0.25, -0.2) is 8.42 Å². The van der Waals surface area contributed by atoms with Gasteiger partial charge < -0.3 is 9.57 Å². The first-order valence-electron chi connectivity index (χ1n) is 7.51. The maximum absolute atomic E-state index is 11.6. The molecule has 0 amide bonds. The molecule has 132 valence electrons. The molecule has 3 aromatic rings. The van der Waals surface area contributed by atoms with Crippen LogP contribution >= 0.6 is 11.6 Å². The average Bonchev–Trinajstić information content (AvgIpc) is 2.98. The topological polar surface area (TPSA) is 83.3 Å². The van der Waals surface area contributed by atoms with Gasteiger partial charge in [-0.05, 0) is 47.7 Å². The van der Waals surface area contributed by atoms with Crippen molar-refractivity contribution in [1.82, 2.24) is 15.2 Å². The van der Waals surface area contributed by atoms with Crippen molar-refractivity contribution in [1.29, 1.82) is 0 Å². The number of aromatic nitrogens is 3. The van der Waals surface area contributed by atoms with Gasteiger partial charge in [0, 0.05) is 17.7 Å². The van der Waals surface area contributed by atoms with E-state index in [1.165, 1.54) is 17.0 Å². The van der Waals surface area contributed by atoms with E-state index >= 15 is 0 Å². The minimum atomic E-state index is -3.31. The summed E-state index contributed by atoms with van der Waals surface area (Å²) in [5, 5.41) is 8.48. The largest absolute Gasteiger partial charge is 0.493 e. The summed E-state index contributed by atoms with van der Waals surface area (Å²) in [5.41, 5.74) is 1.06. The molecule has 0 unspecified atom stereocenters. The zero-order valence-corrected chi connectivity index (χ0v) is 15.0. The highest BCUT2D eigenvalue weighted by Gasteiger charge is 2.12. The van der Waals surface area contributed by atoms with E-state index in [2.05, 4.69) is 10.3 Å². The van der Waals surface area contributed by atoms with Gasteiger partial charge in [-0.1, -0.05) is 16.4 Å². The van der Waals surface area contributed by atoms with Crippen molar-refractivity contribution in [3.05, 3.63) is 47.5 Å². The minimum absolute atomic E-state index is 0.193. The van der Waals surface area contributed by atoms with Crippen LogP contribution in [0.5, 0.6) is 5.75 Å². The van der Waals surface area contributed by atoms with Crippen LogP contribution in [0.15, 0.2) is 47.4 Å². The summed E-state index contributed by atoms with van der Waals surface area (Å²) in [4.78, 5) is 6.95. The zero-order chi connectivity index (χ0) is 17.9. The fraction of sp³-hybridized carbons (Fsp3) is 0.250. The normalized spacial score (nSPS) is 11.6. The first-order valence-corrected chi connectivity index (χ1v) is 9.77. The highest BCUT2D eigenvalue weighted by atomic mass is 35.5. The number of halogens is 1. The van der Waals surface area contributed by atoms with Gasteiger partial charge in [0.1, 0.15) is 23.4 Å².